The van der Waals surface area contributed by atoms with E-state index in [9.17, 15) is 14.4 Å². The summed E-state index contributed by atoms with van der Waals surface area (Å²) in [6.45, 7) is 8.38. The Morgan fingerprint density at radius 3 is 2.12 bits per heavy atom. The second-order valence-electron chi connectivity index (χ2n) is 6.93. The number of rotatable bonds is 10. The second kappa shape index (κ2) is 8.69. The minimum absolute atomic E-state index is 0.101. The summed E-state index contributed by atoms with van der Waals surface area (Å²) in [5.74, 6) is -2.04. The summed E-state index contributed by atoms with van der Waals surface area (Å²) in [5.41, 5.74) is -0.253. The molecule has 1 saturated heterocycles. The summed E-state index contributed by atoms with van der Waals surface area (Å²) in [7, 11) is 1.66. The molecule has 138 valence electrons. The van der Waals surface area contributed by atoms with Crippen molar-refractivity contribution in [3.63, 3.8) is 0 Å². The normalized spacial score (nSPS) is 16.1. The molecule has 0 spiro atoms. The van der Waals surface area contributed by atoms with Gasteiger partial charge in [-0.1, -0.05) is 0 Å². The van der Waals surface area contributed by atoms with Gasteiger partial charge in [-0.25, -0.2) is 4.90 Å². The molecule has 0 aliphatic carbocycles. The van der Waals surface area contributed by atoms with Crippen LogP contribution in [0.2, 0.25) is 0 Å². The van der Waals surface area contributed by atoms with Crippen molar-refractivity contribution in [1.29, 1.82) is 0 Å². The van der Waals surface area contributed by atoms with Crippen molar-refractivity contribution in [2.75, 3.05) is 20.3 Å². The largest absolute Gasteiger partial charge is 0.379 e. The molecule has 24 heavy (non-hydrogen) atoms. The second-order valence-corrected chi connectivity index (χ2v) is 6.93. The summed E-state index contributed by atoms with van der Waals surface area (Å²) in [4.78, 5) is 35.6. The van der Waals surface area contributed by atoms with E-state index in [1.54, 1.807) is 7.11 Å². The summed E-state index contributed by atoms with van der Waals surface area (Å²) < 4.78 is 16.7. The van der Waals surface area contributed by atoms with E-state index in [-0.39, 0.29) is 24.9 Å². The number of amides is 3. The van der Waals surface area contributed by atoms with Gasteiger partial charge >= 0.3 is 0 Å². The molecule has 1 rings (SSSR count). The molecular formula is C17H29NO6. The minimum atomic E-state index is -0.772. The summed E-state index contributed by atoms with van der Waals surface area (Å²) in [6.07, 6.45) is 1.50. The van der Waals surface area contributed by atoms with E-state index >= 15 is 0 Å². The van der Waals surface area contributed by atoms with Crippen molar-refractivity contribution >= 4 is 17.7 Å². The maximum atomic E-state index is 11.9. The zero-order valence-corrected chi connectivity index (χ0v) is 15.3. The van der Waals surface area contributed by atoms with Gasteiger partial charge in [0.15, 0.2) is 5.79 Å². The van der Waals surface area contributed by atoms with Crippen LogP contribution in [0.5, 0.6) is 0 Å². The van der Waals surface area contributed by atoms with Crippen LogP contribution in [0.25, 0.3) is 0 Å². The maximum Gasteiger partial charge on any atom is 0.236 e. The number of nitrogens with zero attached hydrogens (tertiary/aromatic N) is 1. The highest BCUT2D eigenvalue weighted by atomic mass is 16.7. The van der Waals surface area contributed by atoms with E-state index in [2.05, 4.69) is 0 Å². The molecule has 0 N–H and O–H groups in total. The van der Waals surface area contributed by atoms with Crippen molar-refractivity contribution in [1.82, 2.24) is 4.90 Å². The third kappa shape index (κ3) is 6.67. The van der Waals surface area contributed by atoms with Crippen LogP contribution >= 0.6 is 0 Å². The molecule has 0 bridgehead atoms. The number of methoxy groups -OCH3 is 1. The van der Waals surface area contributed by atoms with E-state index in [0.29, 0.717) is 19.6 Å². The van der Waals surface area contributed by atoms with Crippen molar-refractivity contribution < 1.29 is 28.6 Å². The fraction of sp³-hybridized carbons (Fsp3) is 0.824. The average molecular weight is 343 g/mol. The van der Waals surface area contributed by atoms with E-state index in [1.165, 1.54) is 0 Å². The molecule has 0 aromatic carbocycles. The molecule has 0 saturated carbocycles. The fourth-order valence-corrected chi connectivity index (χ4v) is 2.19. The minimum Gasteiger partial charge on any atom is -0.379 e. The van der Waals surface area contributed by atoms with Crippen LogP contribution in [0.4, 0.5) is 0 Å². The molecule has 1 fully saturated rings. The van der Waals surface area contributed by atoms with Crippen LogP contribution in [0.15, 0.2) is 0 Å². The fourth-order valence-electron chi connectivity index (χ4n) is 2.19. The predicted octanol–water partition coefficient (Wildman–Crippen LogP) is 2.03. The number of carbonyl (C=O) groups excluding carboxylic acids is 3. The zero-order valence-electron chi connectivity index (χ0n) is 15.3. The first kappa shape index (κ1) is 20.7. The molecule has 0 atom stereocenters. The lowest BCUT2D eigenvalue weighted by Gasteiger charge is -2.29. The number of carbonyl (C=O) groups is 3. The van der Waals surface area contributed by atoms with Crippen LogP contribution in [-0.2, 0) is 28.6 Å². The molecule has 0 unspecified atom stereocenters. The third-order valence-electron chi connectivity index (χ3n) is 3.99. The quantitative estimate of drug-likeness (QED) is 0.343. The number of hydrogen-bond acceptors (Lipinski definition) is 6. The molecule has 0 radical (unpaired) electrons. The molecule has 3 amide bonds. The first-order valence-corrected chi connectivity index (χ1v) is 8.30. The van der Waals surface area contributed by atoms with E-state index in [4.69, 9.17) is 14.2 Å². The smallest absolute Gasteiger partial charge is 0.236 e. The van der Waals surface area contributed by atoms with Crippen LogP contribution in [-0.4, -0.2) is 54.3 Å². The van der Waals surface area contributed by atoms with Crippen LogP contribution < -0.4 is 0 Å². The number of likely N-dealkylation sites (tertiary alicyclic amines) is 1. The first-order valence-electron chi connectivity index (χ1n) is 8.30. The molecule has 1 aliphatic heterocycles. The van der Waals surface area contributed by atoms with E-state index in [1.807, 2.05) is 27.7 Å². The third-order valence-corrected chi connectivity index (χ3v) is 3.99. The van der Waals surface area contributed by atoms with Gasteiger partial charge in [-0.05, 0) is 40.5 Å². The van der Waals surface area contributed by atoms with Crippen LogP contribution in [0, 0.1) is 0 Å². The van der Waals surface area contributed by atoms with E-state index in [0.717, 1.165) is 11.3 Å². The Bertz CT molecular complexity index is 456. The highest BCUT2D eigenvalue weighted by Gasteiger charge is 2.33. The Hall–Kier alpha value is -1.31. The topological polar surface area (TPSA) is 82.1 Å². The summed E-state index contributed by atoms with van der Waals surface area (Å²) in [6, 6.07) is 0. The lowest BCUT2D eigenvalue weighted by atomic mass is 10.1. The Balaban J connectivity index is 2.24. The van der Waals surface area contributed by atoms with Gasteiger partial charge in [0.25, 0.3) is 0 Å². The molecule has 7 nitrogen and oxygen atoms in total. The first-order chi connectivity index (χ1) is 11.1. The Morgan fingerprint density at radius 2 is 1.58 bits per heavy atom. The van der Waals surface area contributed by atoms with Crippen molar-refractivity contribution in [3.05, 3.63) is 0 Å². The highest BCUT2D eigenvalue weighted by molar-refractivity contribution is 6.14. The lowest BCUT2D eigenvalue weighted by Crippen LogP contribution is -2.36. The van der Waals surface area contributed by atoms with Crippen molar-refractivity contribution in [3.8, 4) is 0 Å². The summed E-state index contributed by atoms with van der Waals surface area (Å²) in [5, 5.41) is 0. The molecule has 7 heteroatoms. The van der Waals surface area contributed by atoms with Crippen LogP contribution in [0.1, 0.15) is 59.8 Å². The standard InChI is InChI=1S/C17H29NO6/c1-16(2,22-5)10-12-24-17(3,4)23-11-6-7-13(19)18-14(20)8-9-15(18)21/h6-12H2,1-5H3. The molecule has 1 heterocycles. The molecular weight excluding hydrogens is 314 g/mol. The lowest BCUT2D eigenvalue weighted by molar-refractivity contribution is -0.218. The molecule has 0 aromatic rings. The van der Waals surface area contributed by atoms with Gasteiger partial charge in [0.05, 0.1) is 18.8 Å². The highest BCUT2D eigenvalue weighted by Crippen LogP contribution is 2.18. The predicted molar refractivity (Wildman–Crippen MR) is 87.0 cm³/mol. The molecule has 1 aliphatic rings. The number of imide groups is 3. The van der Waals surface area contributed by atoms with Gasteiger partial charge in [0, 0.05) is 26.4 Å². The van der Waals surface area contributed by atoms with Gasteiger partial charge in [-0.3, -0.25) is 14.4 Å². The Morgan fingerprint density at radius 1 is 1.04 bits per heavy atom. The maximum absolute atomic E-state index is 11.9. The average Bonchev–Trinajstić information content (AvgIpc) is 2.82. The van der Waals surface area contributed by atoms with Crippen molar-refractivity contribution in [2.45, 2.75) is 71.2 Å². The van der Waals surface area contributed by atoms with Gasteiger partial charge in [-0.15, -0.1) is 0 Å². The number of hydrogen-bond donors (Lipinski definition) is 0. The van der Waals surface area contributed by atoms with Crippen LogP contribution in [0.3, 0.4) is 0 Å². The SMILES string of the molecule is COC(C)(C)CCOC(C)(C)OCCCC(=O)N1C(=O)CCC1=O. The molecule has 0 aromatic heterocycles. The summed E-state index contributed by atoms with van der Waals surface area (Å²) >= 11 is 0. The van der Waals surface area contributed by atoms with Gasteiger partial charge < -0.3 is 14.2 Å². The Labute approximate surface area is 143 Å². The van der Waals surface area contributed by atoms with Gasteiger partial charge in [0.2, 0.25) is 17.7 Å². The van der Waals surface area contributed by atoms with Gasteiger partial charge in [0.1, 0.15) is 0 Å². The zero-order chi connectivity index (χ0) is 18.4. The number of ether oxygens (including phenoxy) is 3. The van der Waals surface area contributed by atoms with E-state index < -0.39 is 23.5 Å². The van der Waals surface area contributed by atoms with Crippen molar-refractivity contribution in [2.24, 2.45) is 0 Å². The van der Waals surface area contributed by atoms with Gasteiger partial charge in [-0.2, -0.15) is 0 Å². The Kier molecular flexibility index (Phi) is 7.51. The monoisotopic (exact) mass is 343 g/mol.